The van der Waals surface area contributed by atoms with Crippen LogP contribution in [0.1, 0.15) is 32.3 Å². The number of benzene rings is 1. The molecule has 4 nitrogen and oxygen atoms in total. The van der Waals surface area contributed by atoms with E-state index in [0.29, 0.717) is 0 Å². The fourth-order valence-corrected chi connectivity index (χ4v) is 2.39. The largest absolute Gasteiger partial charge is 0.327 e. The summed E-state index contributed by atoms with van der Waals surface area (Å²) in [7, 11) is 0. The van der Waals surface area contributed by atoms with Crippen molar-refractivity contribution in [1.29, 1.82) is 0 Å². The van der Waals surface area contributed by atoms with Gasteiger partial charge in [-0.3, -0.25) is 9.69 Å². The number of amides is 1. The average Bonchev–Trinajstić information content (AvgIpc) is 2.92. The number of nitrogens with one attached hydrogen (secondary N) is 1. The van der Waals surface area contributed by atoms with E-state index in [9.17, 15) is 4.79 Å². The lowest BCUT2D eigenvalue weighted by molar-refractivity contribution is -0.119. The highest BCUT2D eigenvalue weighted by Gasteiger charge is 2.17. The highest BCUT2D eigenvalue weighted by atomic mass is 16.1. The Morgan fingerprint density at radius 2 is 1.85 bits per heavy atom. The molecule has 0 bridgehead atoms. The van der Waals surface area contributed by atoms with E-state index < -0.39 is 0 Å². The van der Waals surface area contributed by atoms with Crippen LogP contribution in [0, 0.1) is 5.92 Å². The molecule has 1 aromatic carbocycles. The molecule has 2 unspecified atom stereocenters. The topological polar surface area (TPSA) is 58.4 Å². The van der Waals surface area contributed by atoms with Gasteiger partial charge >= 0.3 is 0 Å². The Labute approximate surface area is 121 Å². The maximum Gasteiger partial charge on any atom is 0.228 e. The van der Waals surface area contributed by atoms with Gasteiger partial charge in [0.05, 0.1) is 5.92 Å². The Hall–Kier alpha value is -1.39. The molecule has 1 aliphatic heterocycles. The van der Waals surface area contributed by atoms with Crippen molar-refractivity contribution in [3.63, 3.8) is 0 Å². The lowest BCUT2D eigenvalue weighted by Crippen LogP contribution is -2.34. The van der Waals surface area contributed by atoms with Gasteiger partial charge in [0.25, 0.3) is 0 Å². The normalized spacial score (nSPS) is 18.8. The number of carbonyl (C=O) groups excluding carboxylic acids is 1. The number of rotatable bonds is 5. The van der Waals surface area contributed by atoms with Crippen LogP contribution in [0.4, 0.5) is 5.69 Å². The van der Waals surface area contributed by atoms with E-state index in [1.165, 1.54) is 31.5 Å². The maximum absolute atomic E-state index is 11.9. The Balaban J connectivity index is 1.89. The fraction of sp³-hybridized carbons (Fsp3) is 0.562. The molecule has 1 amide bonds. The smallest absolute Gasteiger partial charge is 0.228 e. The van der Waals surface area contributed by atoms with E-state index in [2.05, 4.69) is 22.3 Å². The number of carbonyl (C=O) groups is 1. The van der Waals surface area contributed by atoms with Gasteiger partial charge in [-0.2, -0.15) is 0 Å². The standard InChI is InChI=1S/C16H25N3O/c1-12(13(2)17)16(20)18-15-7-5-14(6-8-15)11-19-9-3-4-10-19/h5-8,12-13H,3-4,9-11,17H2,1-2H3,(H,18,20). The van der Waals surface area contributed by atoms with Gasteiger partial charge in [-0.15, -0.1) is 0 Å². The summed E-state index contributed by atoms with van der Waals surface area (Å²) in [5, 5.41) is 2.91. The number of likely N-dealkylation sites (tertiary alicyclic amines) is 1. The molecule has 0 radical (unpaired) electrons. The number of nitrogens with zero attached hydrogens (tertiary/aromatic N) is 1. The van der Waals surface area contributed by atoms with E-state index in [0.717, 1.165) is 12.2 Å². The zero-order valence-corrected chi connectivity index (χ0v) is 12.4. The second-order valence-corrected chi connectivity index (χ2v) is 5.82. The maximum atomic E-state index is 11.9. The second-order valence-electron chi connectivity index (χ2n) is 5.82. The summed E-state index contributed by atoms with van der Waals surface area (Å²) in [6.07, 6.45) is 2.62. The van der Waals surface area contributed by atoms with Crippen molar-refractivity contribution in [1.82, 2.24) is 4.90 Å². The van der Waals surface area contributed by atoms with Crippen LogP contribution in [-0.4, -0.2) is 29.9 Å². The highest BCUT2D eigenvalue weighted by molar-refractivity contribution is 5.92. The zero-order valence-electron chi connectivity index (χ0n) is 12.4. The predicted octanol–water partition coefficient (Wildman–Crippen LogP) is 2.20. The molecule has 1 fully saturated rings. The Kier molecular flexibility index (Phi) is 5.15. The average molecular weight is 275 g/mol. The monoisotopic (exact) mass is 275 g/mol. The molecule has 2 atom stereocenters. The van der Waals surface area contributed by atoms with E-state index in [1.807, 2.05) is 26.0 Å². The van der Waals surface area contributed by atoms with Crippen LogP contribution in [-0.2, 0) is 11.3 Å². The van der Waals surface area contributed by atoms with Crippen molar-refractivity contribution in [2.75, 3.05) is 18.4 Å². The van der Waals surface area contributed by atoms with E-state index >= 15 is 0 Å². The minimum absolute atomic E-state index is 0.0210. The zero-order chi connectivity index (χ0) is 14.5. The van der Waals surface area contributed by atoms with Crippen LogP contribution in [0.3, 0.4) is 0 Å². The molecule has 20 heavy (non-hydrogen) atoms. The van der Waals surface area contributed by atoms with Gasteiger partial charge in [0, 0.05) is 18.3 Å². The first-order valence-corrected chi connectivity index (χ1v) is 7.44. The van der Waals surface area contributed by atoms with Crippen LogP contribution in [0.2, 0.25) is 0 Å². The van der Waals surface area contributed by atoms with Gasteiger partial charge in [0.1, 0.15) is 0 Å². The third kappa shape index (κ3) is 4.05. The summed E-state index contributed by atoms with van der Waals surface area (Å²) in [4.78, 5) is 14.4. The fourth-order valence-electron chi connectivity index (χ4n) is 2.39. The molecule has 1 aliphatic rings. The quantitative estimate of drug-likeness (QED) is 0.866. The lowest BCUT2D eigenvalue weighted by Gasteiger charge is -2.16. The summed E-state index contributed by atoms with van der Waals surface area (Å²) in [6, 6.07) is 7.98. The minimum Gasteiger partial charge on any atom is -0.327 e. The highest BCUT2D eigenvalue weighted by Crippen LogP contribution is 2.16. The minimum atomic E-state index is -0.181. The van der Waals surface area contributed by atoms with Gasteiger partial charge in [-0.1, -0.05) is 19.1 Å². The Morgan fingerprint density at radius 3 is 2.40 bits per heavy atom. The van der Waals surface area contributed by atoms with Gasteiger partial charge in [-0.25, -0.2) is 0 Å². The number of hydrogen-bond donors (Lipinski definition) is 2. The van der Waals surface area contributed by atoms with Crippen LogP contribution in [0.5, 0.6) is 0 Å². The van der Waals surface area contributed by atoms with E-state index in [-0.39, 0.29) is 17.9 Å². The van der Waals surface area contributed by atoms with Crippen molar-refractivity contribution in [2.24, 2.45) is 11.7 Å². The third-order valence-electron chi connectivity index (χ3n) is 4.03. The van der Waals surface area contributed by atoms with Crippen molar-refractivity contribution in [3.05, 3.63) is 29.8 Å². The third-order valence-corrected chi connectivity index (χ3v) is 4.03. The van der Waals surface area contributed by atoms with E-state index in [1.54, 1.807) is 0 Å². The first kappa shape index (κ1) is 15.0. The molecule has 2 rings (SSSR count). The van der Waals surface area contributed by atoms with Crippen LogP contribution in [0.25, 0.3) is 0 Å². The number of nitrogens with two attached hydrogens (primary N) is 1. The van der Waals surface area contributed by atoms with Gasteiger partial charge in [0.2, 0.25) is 5.91 Å². The van der Waals surface area contributed by atoms with Crippen LogP contribution < -0.4 is 11.1 Å². The predicted molar refractivity (Wildman–Crippen MR) is 82.4 cm³/mol. The summed E-state index contributed by atoms with van der Waals surface area (Å²) in [5.74, 6) is -0.202. The van der Waals surface area contributed by atoms with Crippen LogP contribution in [0.15, 0.2) is 24.3 Å². The van der Waals surface area contributed by atoms with Gasteiger partial charge in [-0.05, 0) is 50.6 Å². The second kappa shape index (κ2) is 6.86. The number of hydrogen-bond acceptors (Lipinski definition) is 3. The SMILES string of the molecule is CC(N)C(C)C(=O)Nc1ccc(CN2CCCC2)cc1. The molecule has 1 aromatic rings. The van der Waals surface area contributed by atoms with Gasteiger partial charge < -0.3 is 11.1 Å². The Bertz CT molecular complexity index is 436. The molecule has 3 N–H and O–H groups in total. The molecular weight excluding hydrogens is 250 g/mol. The molecule has 0 spiro atoms. The van der Waals surface area contributed by atoms with Crippen LogP contribution >= 0.6 is 0 Å². The Morgan fingerprint density at radius 1 is 1.25 bits per heavy atom. The molecule has 1 heterocycles. The lowest BCUT2D eigenvalue weighted by atomic mass is 10.0. The molecule has 0 aromatic heterocycles. The summed E-state index contributed by atoms with van der Waals surface area (Å²) in [5.41, 5.74) is 7.88. The molecule has 4 heteroatoms. The molecule has 110 valence electrons. The molecular formula is C16H25N3O. The van der Waals surface area contributed by atoms with Gasteiger partial charge in [0.15, 0.2) is 0 Å². The molecule has 1 saturated heterocycles. The molecule has 0 aliphatic carbocycles. The van der Waals surface area contributed by atoms with E-state index in [4.69, 9.17) is 5.73 Å². The summed E-state index contributed by atoms with van der Waals surface area (Å²) < 4.78 is 0. The van der Waals surface area contributed by atoms with Crippen molar-refractivity contribution >= 4 is 11.6 Å². The number of anilines is 1. The molecule has 0 saturated carbocycles. The summed E-state index contributed by atoms with van der Waals surface area (Å²) in [6.45, 7) is 7.10. The van der Waals surface area contributed by atoms with Crippen molar-refractivity contribution in [2.45, 2.75) is 39.3 Å². The first-order chi connectivity index (χ1) is 9.56. The first-order valence-electron chi connectivity index (χ1n) is 7.44. The van der Waals surface area contributed by atoms with Crippen molar-refractivity contribution < 1.29 is 4.79 Å². The van der Waals surface area contributed by atoms with Crippen molar-refractivity contribution in [3.8, 4) is 0 Å². The summed E-state index contributed by atoms with van der Waals surface area (Å²) >= 11 is 0.